The zero-order valence-corrected chi connectivity index (χ0v) is 47.9. The van der Waals surface area contributed by atoms with Crippen molar-refractivity contribution in [2.24, 2.45) is 0 Å². The molecule has 11 N–H and O–H groups in total. The molecule has 0 aliphatic carbocycles. The van der Waals surface area contributed by atoms with Crippen LogP contribution in [0.2, 0.25) is 0 Å². The van der Waals surface area contributed by atoms with Gasteiger partial charge in [0.15, 0.2) is 6.23 Å². The van der Waals surface area contributed by atoms with Gasteiger partial charge in [-0.3, -0.25) is 18.4 Å². The Labute approximate surface area is 468 Å². The zero-order chi connectivity index (χ0) is 58.7. The Morgan fingerprint density at radius 3 is 2.33 bits per heavy atom. The fourth-order valence-corrected chi connectivity index (χ4v) is 16.4. The third kappa shape index (κ3) is 12.7. The summed E-state index contributed by atoms with van der Waals surface area (Å²) in [5, 5.41) is 25.7. The van der Waals surface area contributed by atoms with Gasteiger partial charge in [0.1, 0.15) is 48.7 Å². The molecule has 82 heavy (non-hydrogen) atoms. The highest BCUT2D eigenvalue weighted by Gasteiger charge is 2.47. The van der Waals surface area contributed by atoms with Crippen molar-refractivity contribution >= 4 is 66.6 Å². The molecule has 2 unspecified atom stereocenters. The number of benzene rings is 3. The number of carbonyl (C=O) groups is 1. The number of aryl methyl sites for hydroxylation is 2. The molecular formula is C49H59N7O21P3S2+. The highest BCUT2D eigenvalue weighted by molar-refractivity contribution is 7.89. The molecule has 6 aliphatic heterocycles. The molecule has 7 heterocycles. The van der Waals surface area contributed by atoms with Crippen molar-refractivity contribution < 1.29 is 92.3 Å². The van der Waals surface area contributed by atoms with Crippen molar-refractivity contribution in [3.63, 3.8) is 0 Å². The van der Waals surface area contributed by atoms with Crippen LogP contribution in [-0.2, 0) is 82.2 Å². The number of rotatable bonds is 19. The maximum atomic E-state index is 14.7. The highest BCUT2D eigenvalue weighted by atomic mass is 32.2. The lowest BCUT2D eigenvalue weighted by molar-refractivity contribution is -0.120. The molecule has 0 saturated carbocycles. The normalized spacial score (nSPS) is 21.6. The van der Waals surface area contributed by atoms with Crippen LogP contribution in [0.25, 0.3) is 5.57 Å². The summed E-state index contributed by atoms with van der Waals surface area (Å²) in [4.78, 5) is 67.3. The van der Waals surface area contributed by atoms with Gasteiger partial charge in [0.05, 0.1) is 34.1 Å². The number of unbranched alkanes of at least 4 members (excludes halogenated alkanes) is 2. The Kier molecular flexibility index (Phi) is 17.0. The number of nitrogens with one attached hydrogen (secondary N) is 2. The third-order valence-corrected chi connectivity index (χ3v) is 21.0. The van der Waals surface area contributed by atoms with Crippen LogP contribution in [0.3, 0.4) is 0 Å². The van der Waals surface area contributed by atoms with E-state index in [-0.39, 0.29) is 47.8 Å². The number of nitrogens with zero attached hydrogens (tertiary/aromatic N) is 4. The van der Waals surface area contributed by atoms with Gasteiger partial charge in [0.2, 0.25) is 21.3 Å². The molecular weight excluding hydrogens is 1180 g/mol. The van der Waals surface area contributed by atoms with Gasteiger partial charge in [-0.05, 0) is 81.2 Å². The maximum absolute atomic E-state index is 14.7. The van der Waals surface area contributed by atoms with Crippen LogP contribution in [0, 0.1) is 11.8 Å². The number of carbonyl (C=O) groups excluding carboxylic acids is 1. The van der Waals surface area contributed by atoms with Crippen LogP contribution in [0.4, 0.5) is 11.5 Å². The number of fused-ring (bicyclic) bond motifs is 4. The number of hydrogen-bond acceptors (Lipinski definition) is 19. The number of phosphoric ester groups is 1. The van der Waals surface area contributed by atoms with Crippen molar-refractivity contribution in [3.8, 4) is 23.3 Å². The summed E-state index contributed by atoms with van der Waals surface area (Å²) in [5.41, 5.74) is 11.9. The van der Waals surface area contributed by atoms with Crippen LogP contribution in [0.15, 0.2) is 51.1 Å². The monoisotopic (exact) mass is 1240 g/mol. The highest BCUT2D eigenvalue weighted by Crippen LogP contribution is 2.66. The van der Waals surface area contributed by atoms with Crippen molar-refractivity contribution in [1.29, 1.82) is 0 Å². The molecule has 1 aromatic heterocycles. The summed E-state index contributed by atoms with van der Waals surface area (Å²) in [6, 6.07) is 7.88. The maximum Gasteiger partial charge on any atom is 0.490 e. The van der Waals surface area contributed by atoms with E-state index < -0.39 is 91.2 Å². The van der Waals surface area contributed by atoms with Gasteiger partial charge in [0, 0.05) is 83.8 Å². The SMILES string of the molecule is Nc1nc(=O)n([C@@H]2O[C@H](COP(=O)(O)OP(=O)(O)OP(=O)(O)O)[C@@H](O)[C@H]2O)cc1C#CCNC(=O)CCCCCNS(=O)(=O)c1cc(S(=O)(=O)O)ccc1C1=c2cc3c4c(c2Oc2c1cc1c5c2CCCN5CCC1)CCC[N+]=4CCC3. The number of nitrogen functional groups attached to an aromatic ring is 1. The fourth-order valence-electron chi connectivity index (χ4n) is 11.5. The summed E-state index contributed by atoms with van der Waals surface area (Å²) >= 11 is 0. The summed E-state index contributed by atoms with van der Waals surface area (Å²) in [5.74, 6) is 5.82. The van der Waals surface area contributed by atoms with Crippen LogP contribution in [0.5, 0.6) is 11.5 Å². The first-order valence-corrected chi connectivity index (χ1v) is 33.6. The quantitative estimate of drug-likeness (QED) is 0.0177. The Morgan fingerprint density at radius 2 is 1.59 bits per heavy atom. The summed E-state index contributed by atoms with van der Waals surface area (Å²) in [6.45, 7) is 2.24. The van der Waals surface area contributed by atoms with Crippen LogP contribution >= 0.6 is 23.5 Å². The topological polar surface area (TPSA) is 416 Å². The second-order valence-corrected chi connectivity index (χ2v) is 28.0. The first kappa shape index (κ1) is 59.9. The summed E-state index contributed by atoms with van der Waals surface area (Å²) in [6.07, 6.45) is 1.62. The van der Waals surface area contributed by atoms with Gasteiger partial charge in [-0.15, -0.1) is 0 Å². The van der Waals surface area contributed by atoms with Crippen molar-refractivity contribution in [1.82, 2.24) is 24.2 Å². The molecule has 33 heteroatoms. The minimum Gasteiger partial charge on any atom is -0.455 e. The number of aliphatic hydroxyl groups is 2. The van der Waals surface area contributed by atoms with Crippen molar-refractivity contribution in [2.75, 3.05) is 56.5 Å². The number of phosphoric acid groups is 3. The van der Waals surface area contributed by atoms with Gasteiger partial charge in [-0.25, -0.2) is 36.2 Å². The molecule has 6 aliphatic rings. The molecule has 0 radical (unpaired) electrons. The molecule has 1 saturated heterocycles. The van der Waals surface area contributed by atoms with E-state index in [1.165, 1.54) is 23.2 Å². The van der Waals surface area contributed by atoms with Gasteiger partial charge in [-0.1, -0.05) is 24.3 Å². The molecule has 1 amide bonds. The van der Waals surface area contributed by atoms with Crippen molar-refractivity contribution in [3.05, 3.63) is 96.5 Å². The molecule has 3 aromatic carbocycles. The largest absolute Gasteiger partial charge is 0.490 e. The van der Waals surface area contributed by atoms with E-state index in [2.05, 4.69) is 61.6 Å². The van der Waals surface area contributed by atoms with E-state index >= 15 is 0 Å². The summed E-state index contributed by atoms with van der Waals surface area (Å²) in [7, 11) is -26.5. The summed E-state index contributed by atoms with van der Waals surface area (Å²) < 4.78 is 130. The first-order chi connectivity index (χ1) is 38.7. The Bertz CT molecular complexity index is 3940. The number of anilines is 2. The average Bonchev–Trinajstić information content (AvgIpc) is 3.74. The van der Waals surface area contributed by atoms with E-state index in [0.717, 1.165) is 123 Å². The smallest absolute Gasteiger partial charge is 0.455 e. The zero-order valence-electron chi connectivity index (χ0n) is 43.6. The molecule has 10 rings (SSSR count). The van der Waals surface area contributed by atoms with Gasteiger partial charge < -0.3 is 55.2 Å². The van der Waals surface area contributed by atoms with Gasteiger partial charge in [-0.2, -0.15) is 22.0 Å². The lowest BCUT2D eigenvalue weighted by Gasteiger charge is -2.39. The van der Waals surface area contributed by atoms with E-state index in [1.54, 1.807) is 0 Å². The molecule has 1 fully saturated rings. The minimum absolute atomic E-state index is 0.0120. The van der Waals surface area contributed by atoms with Gasteiger partial charge >= 0.3 is 29.2 Å². The average molecular weight is 1240 g/mol. The van der Waals surface area contributed by atoms with Crippen LogP contribution in [-0.4, -0.2) is 131 Å². The van der Waals surface area contributed by atoms with Crippen LogP contribution in [0.1, 0.15) is 96.5 Å². The Hall–Kier alpha value is -5.25. The number of hydrogen-bond donors (Lipinski definition) is 10. The Balaban J connectivity index is 0.795. The lowest BCUT2D eigenvalue weighted by atomic mass is 9.82. The fraction of sp³-hybridized carbons (Fsp3) is 0.469. The second-order valence-electron chi connectivity index (χ2n) is 20.4. The Morgan fingerprint density at radius 1 is 0.866 bits per heavy atom. The van der Waals surface area contributed by atoms with Gasteiger partial charge in [0.25, 0.3) is 10.1 Å². The van der Waals surface area contributed by atoms with E-state index in [4.69, 9.17) is 25.0 Å². The molecule has 4 aromatic rings. The van der Waals surface area contributed by atoms with Crippen LogP contribution < -0.4 is 46.3 Å². The van der Waals surface area contributed by atoms with E-state index in [9.17, 15) is 64.7 Å². The molecule has 0 bridgehead atoms. The second kappa shape index (κ2) is 23.3. The minimum atomic E-state index is -5.87. The molecule has 442 valence electrons. The van der Waals surface area contributed by atoms with E-state index in [0.29, 0.717) is 34.5 Å². The predicted octanol–water partition coefficient (Wildman–Crippen LogP) is 0.477. The number of aliphatic hydroxyl groups excluding tert-OH is 2. The molecule has 0 spiro atoms. The predicted molar refractivity (Wildman–Crippen MR) is 289 cm³/mol. The molecule has 6 atom stereocenters. The lowest BCUT2D eigenvalue weighted by Crippen LogP contribution is -2.45. The number of ether oxygens (including phenoxy) is 2. The number of aromatic nitrogens is 2. The van der Waals surface area contributed by atoms with E-state index in [1.807, 2.05) is 0 Å². The van der Waals surface area contributed by atoms with Crippen molar-refractivity contribution in [2.45, 2.75) is 111 Å². The number of nitrogens with two attached hydrogens (primary N) is 1. The molecule has 28 nitrogen and oxygen atoms in total. The number of sulfonamides is 1. The standard InChI is InChI=1S/C49H58N7O21P3S2/c50-47-30(26-56(49(60)53-47)48-44(59)43(58)37(74-48)27-73-79(64,65)77-80(66,67)76-78(61,62)63)9-4-17-51-39(57)14-2-1-3-18-52-81(68,69)38-25-31(82(70,71)72)15-16-32(38)40-35-23-28-10-5-19-54-21-7-12-33(41(28)54)45(35)75-46-34-13-8-22-55-20-6-11-29(42(34)55)24-36(40)46/h15-16,23-26,37,43-44,48,52,58-59H,1-3,5-8,10-14,17-22,27H2,(H7-,50,51,53,57,60,61,62,63,64,65,66,67,70,71,72)/p+1/t37-,43-,44-,48-/m1/s1. The number of amides is 1. The first-order valence-electron chi connectivity index (χ1n) is 26.2. The third-order valence-electron chi connectivity index (χ3n) is 14.9.